The van der Waals surface area contributed by atoms with Crippen LogP contribution in [0.5, 0.6) is 0 Å². The molecule has 5 atom stereocenters. The van der Waals surface area contributed by atoms with Gasteiger partial charge in [-0.25, -0.2) is 4.68 Å². The van der Waals surface area contributed by atoms with Gasteiger partial charge in [-0.2, -0.15) is 0 Å². The van der Waals surface area contributed by atoms with Crippen LogP contribution in [0.1, 0.15) is 49.4 Å². The summed E-state index contributed by atoms with van der Waals surface area (Å²) in [6.45, 7) is -0.0556. The number of carbonyl (C=O) groups is 5. The molecule has 2 aromatic rings. The lowest BCUT2D eigenvalue weighted by molar-refractivity contribution is -0.141. The van der Waals surface area contributed by atoms with Gasteiger partial charge in [-0.15, -0.1) is 5.10 Å². The number of amides is 4. The van der Waals surface area contributed by atoms with Crippen LogP contribution in [-0.4, -0.2) is 87.4 Å². The fraction of sp³-hybridized carbons (Fsp3) is 0.500. The number of aromatic nitrogens is 3. The van der Waals surface area contributed by atoms with Gasteiger partial charge in [-0.3, -0.25) is 29.0 Å². The van der Waals surface area contributed by atoms with Gasteiger partial charge in [0.05, 0.1) is 25.2 Å². The number of carboxylic acids is 1. The molecule has 17 heteroatoms. The molecule has 1 aromatic carbocycles. The number of nitrogens with one attached hydrogen (secondary N) is 4. The smallest absolute Gasteiger partial charge is 0.305 e. The fourth-order valence-electron chi connectivity index (χ4n) is 5.48. The van der Waals surface area contributed by atoms with Crippen LogP contribution in [0.3, 0.4) is 0 Å². The first-order chi connectivity index (χ1) is 21.5. The Labute approximate surface area is 258 Å². The van der Waals surface area contributed by atoms with Crippen molar-refractivity contribution in [3.05, 3.63) is 47.8 Å². The SMILES string of the molecule is NCC[C@@H]1C[C@]12C(=O)N[C@@H](CCCN=C(N)N)C(=O)NCC(=O)NC(CC(=O)O)C(=O)NC(Cc1ccccc1)c1cn2nn1. The van der Waals surface area contributed by atoms with Crippen LogP contribution in [0.4, 0.5) is 0 Å². The van der Waals surface area contributed by atoms with Crippen LogP contribution in [0.25, 0.3) is 0 Å². The molecule has 1 aromatic heterocycles. The second kappa shape index (κ2) is 14.6. The first-order valence-electron chi connectivity index (χ1n) is 14.7. The van der Waals surface area contributed by atoms with Crippen molar-refractivity contribution in [2.45, 2.75) is 62.2 Å². The topological polar surface area (TPSA) is 275 Å². The molecule has 1 fully saturated rings. The number of nitrogens with zero attached hydrogens (tertiary/aromatic N) is 4. The van der Waals surface area contributed by atoms with Gasteiger partial charge in [0.1, 0.15) is 23.3 Å². The van der Waals surface area contributed by atoms with Gasteiger partial charge in [0, 0.05) is 6.54 Å². The van der Waals surface area contributed by atoms with Crippen molar-refractivity contribution in [1.29, 1.82) is 0 Å². The van der Waals surface area contributed by atoms with Crippen LogP contribution in [-0.2, 0) is 35.9 Å². The van der Waals surface area contributed by atoms with E-state index in [9.17, 15) is 29.1 Å². The number of fused-ring (bicyclic) bond motifs is 3. The summed E-state index contributed by atoms with van der Waals surface area (Å²) < 4.78 is 1.44. The van der Waals surface area contributed by atoms with Crippen molar-refractivity contribution < 1.29 is 29.1 Å². The highest BCUT2D eigenvalue weighted by atomic mass is 16.4. The molecule has 1 saturated carbocycles. The molecule has 1 spiro atoms. The summed E-state index contributed by atoms with van der Waals surface area (Å²) in [6.07, 6.45) is 2.48. The normalized spacial score (nSPS) is 25.4. The minimum Gasteiger partial charge on any atom is -0.481 e. The minimum absolute atomic E-state index is 0.118. The van der Waals surface area contributed by atoms with E-state index >= 15 is 0 Å². The Morgan fingerprint density at radius 2 is 1.78 bits per heavy atom. The fourth-order valence-corrected chi connectivity index (χ4v) is 5.48. The van der Waals surface area contributed by atoms with E-state index in [-0.39, 0.29) is 31.3 Å². The van der Waals surface area contributed by atoms with Gasteiger partial charge in [-0.1, -0.05) is 35.5 Å². The van der Waals surface area contributed by atoms with Gasteiger partial charge < -0.3 is 43.6 Å². The number of aliphatic imine (C=N–C) groups is 1. The summed E-state index contributed by atoms with van der Waals surface area (Å²) in [5, 5.41) is 28.5. The number of hydrogen-bond acceptors (Lipinski definition) is 9. The molecule has 2 aliphatic rings. The van der Waals surface area contributed by atoms with Crippen molar-refractivity contribution in [3.8, 4) is 0 Å². The van der Waals surface area contributed by atoms with E-state index in [0.717, 1.165) is 5.56 Å². The summed E-state index contributed by atoms with van der Waals surface area (Å²) in [7, 11) is 0. The highest BCUT2D eigenvalue weighted by Crippen LogP contribution is 2.52. The summed E-state index contributed by atoms with van der Waals surface area (Å²) in [5.74, 6) is -4.33. The molecule has 4 rings (SSSR count). The molecule has 45 heavy (non-hydrogen) atoms. The molecular weight excluding hydrogens is 586 g/mol. The predicted molar refractivity (Wildman–Crippen MR) is 160 cm³/mol. The van der Waals surface area contributed by atoms with E-state index in [0.29, 0.717) is 31.5 Å². The maximum atomic E-state index is 13.9. The minimum atomic E-state index is -1.45. The molecule has 17 nitrogen and oxygen atoms in total. The second-order valence-corrected chi connectivity index (χ2v) is 11.2. The highest BCUT2D eigenvalue weighted by Gasteiger charge is 2.62. The first-order valence-corrected chi connectivity index (χ1v) is 14.7. The molecule has 11 N–H and O–H groups in total. The number of carboxylic acid groups (broad SMARTS) is 1. The molecule has 0 radical (unpaired) electrons. The monoisotopic (exact) mass is 625 g/mol. The van der Waals surface area contributed by atoms with Gasteiger partial charge in [0.2, 0.25) is 23.6 Å². The van der Waals surface area contributed by atoms with Gasteiger partial charge in [0.25, 0.3) is 0 Å². The van der Waals surface area contributed by atoms with Crippen LogP contribution >= 0.6 is 0 Å². The molecule has 242 valence electrons. The Bertz CT molecular complexity index is 1430. The Morgan fingerprint density at radius 3 is 2.47 bits per heavy atom. The van der Waals surface area contributed by atoms with Gasteiger partial charge in [-0.05, 0) is 50.1 Å². The molecule has 2 heterocycles. The molecule has 1 aliphatic heterocycles. The van der Waals surface area contributed by atoms with Crippen molar-refractivity contribution in [2.24, 2.45) is 28.1 Å². The number of benzene rings is 1. The first kappa shape index (κ1) is 32.8. The second-order valence-electron chi connectivity index (χ2n) is 11.2. The third kappa shape index (κ3) is 8.31. The summed E-state index contributed by atoms with van der Waals surface area (Å²) in [4.78, 5) is 68.9. The Hall–Kier alpha value is -5.06. The molecule has 0 saturated heterocycles. The van der Waals surface area contributed by atoms with E-state index in [1.54, 1.807) is 6.20 Å². The zero-order valence-corrected chi connectivity index (χ0v) is 24.6. The van der Waals surface area contributed by atoms with Crippen LogP contribution in [0.15, 0.2) is 41.5 Å². The molecular formula is C28H39N11O6. The van der Waals surface area contributed by atoms with Crippen LogP contribution < -0.4 is 38.5 Å². The molecule has 2 bridgehead atoms. The average molecular weight is 626 g/mol. The van der Waals surface area contributed by atoms with Crippen molar-refractivity contribution >= 4 is 35.6 Å². The maximum absolute atomic E-state index is 13.9. The third-order valence-electron chi connectivity index (χ3n) is 7.88. The van der Waals surface area contributed by atoms with Gasteiger partial charge >= 0.3 is 5.97 Å². The lowest BCUT2D eigenvalue weighted by Crippen LogP contribution is -2.54. The average Bonchev–Trinajstić information content (AvgIpc) is 3.50. The van der Waals surface area contributed by atoms with Gasteiger partial charge in [0.15, 0.2) is 5.96 Å². The Balaban J connectivity index is 1.72. The van der Waals surface area contributed by atoms with E-state index in [1.165, 1.54) is 4.68 Å². The van der Waals surface area contributed by atoms with E-state index in [4.69, 9.17) is 17.2 Å². The third-order valence-corrected chi connectivity index (χ3v) is 7.88. The molecule has 4 amide bonds. The van der Waals surface area contributed by atoms with Crippen LogP contribution in [0.2, 0.25) is 0 Å². The quantitative estimate of drug-likeness (QED) is 0.0768. The number of aliphatic carboxylic acids is 1. The van der Waals surface area contributed by atoms with E-state index in [1.807, 2.05) is 30.3 Å². The number of rotatable bonds is 10. The van der Waals surface area contributed by atoms with Crippen molar-refractivity contribution in [3.63, 3.8) is 0 Å². The lowest BCUT2D eigenvalue weighted by atomic mass is 10.0. The molecule has 2 unspecified atom stereocenters. The summed E-state index contributed by atoms with van der Waals surface area (Å²) in [6, 6.07) is 5.91. The van der Waals surface area contributed by atoms with Crippen molar-refractivity contribution in [2.75, 3.05) is 19.6 Å². The molecule has 1 aliphatic carbocycles. The van der Waals surface area contributed by atoms with Crippen LogP contribution in [0, 0.1) is 5.92 Å². The Morgan fingerprint density at radius 1 is 1.02 bits per heavy atom. The van der Waals surface area contributed by atoms with E-state index in [2.05, 4.69) is 36.6 Å². The largest absolute Gasteiger partial charge is 0.481 e. The summed E-state index contributed by atoms with van der Waals surface area (Å²) >= 11 is 0. The predicted octanol–water partition coefficient (Wildman–Crippen LogP) is -2.63. The van der Waals surface area contributed by atoms with E-state index < -0.39 is 66.2 Å². The Kier molecular flexibility index (Phi) is 10.7. The highest BCUT2D eigenvalue weighted by molar-refractivity contribution is 5.95. The zero-order valence-electron chi connectivity index (χ0n) is 24.6. The summed E-state index contributed by atoms with van der Waals surface area (Å²) in [5.41, 5.74) is 16.6. The number of hydrogen-bond donors (Lipinski definition) is 8. The lowest BCUT2D eigenvalue weighted by Gasteiger charge is -2.24. The number of carbonyl (C=O) groups excluding carboxylic acids is 4. The zero-order chi connectivity index (χ0) is 32.6. The van der Waals surface area contributed by atoms with Crippen molar-refractivity contribution in [1.82, 2.24) is 36.3 Å². The maximum Gasteiger partial charge on any atom is 0.305 e. The standard InChI is InChI=1S/C28H39N11O6/c29-9-8-17-13-28(17)26(45)36-18(7-4-10-32-27(30)31)24(43)33-14-22(40)34-20(12-23(41)42)25(44)35-19(21-15-39(28)38-37-21)11-16-5-2-1-3-6-16/h1-3,5-6,15,17-20H,4,7-14,29H2,(H,33,43)(H,34,40)(H,35,44)(H,36,45)(H,41,42)(H4,30,31,32)/t17-,18+,19?,20?,28-/m1/s1. The number of nitrogens with two attached hydrogens (primary N) is 3. The number of guanidine groups is 1.